The van der Waals surface area contributed by atoms with Gasteiger partial charge in [-0.05, 0) is 36.6 Å². The molecule has 112 valence electrons. The van der Waals surface area contributed by atoms with Gasteiger partial charge < -0.3 is 10.2 Å². The van der Waals surface area contributed by atoms with E-state index in [2.05, 4.69) is 41.6 Å². The van der Waals surface area contributed by atoms with E-state index in [0.717, 1.165) is 32.4 Å². The van der Waals surface area contributed by atoms with E-state index in [0.29, 0.717) is 5.92 Å². The van der Waals surface area contributed by atoms with Crippen LogP contribution in [0.2, 0.25) is 0 Å². The summed E-state index contributed by atoms with van der Waals surface area (Å²) in [5, 5.41) is 5.20. The van der Waals surface area contributed by atoms with Gasteiger partial charge in [-0.25, -0.2) is 4.79 Å². The van der Waals surface area contributed by atoms with Gasteiger partial charge in [0.15, 0.2) is 0 Å². The van der Waals surface area contributed by atoms with E-state index in [1.165, 1.54) is 17.7 Å². The number of rotatable bonds is 4. The predicted molar refractivity (Wildman–Crippen MR) is 85.1 cm³/mol. The molecule has 0 aromatic carbocycles. The molecule has 20 heavy (non-hydrogen) atoms. The summed E-state index contributed by atoms with van der Waals surface area (Å²) in [4.78, 5) is 15.8. The third kappa shape index (κ3) is 4.23. The van der Waals surface area contributed by atoms with E-state index < -0.39 is 0 Å². The van der Waals surface area contributed by atoms with Gasteiger partial charge in [0.25, 0.3) is 0 Å². The molecule has 2 rings (SSSR count). The minimum atomic E-state index is 0.117. The van der Waals surface area contributed by atoms with Crippen molar-refractivity contribution in [1.29, 1.82) is 0 Å². The summed E-state index contributed by atoms with van der Waals surface area (Å²) in [6.07, 6.45) is 5.72. The maximum atomic E-state index is 12.5. The predicted octanol–water partition coefficient (Wildman–Crippen LogP) is 4.42. The van der Waals surface area contributed by atoms with Crippen LogP contribution in [0.25, 0.3) is 0 Å². The van der Waals surface area contributed by atoms with Crippen LogP contribution in [-0.4, -0.2) is 24.0 Å². The van der Waals surface area contributed by atoms with Crippen molar-refractivity contribution in [1.82, 2.24) is 10.2 Å². The third-order valence-electron chi connectivity index (χ3n) is 3.88. The molecule has 1 saturated heterocycles. The van der Waals surface area contributed by atoms with E-state index in [9.17, 15) is 4.79 Å². The van der Waals surface area contributed by atoms with Crippen molar-refractivity contribution in [3.05, 3.63) is 22.4 Å². The first-order valence-electron chi connectivity index (χ1n) is 7.76. The molecular weight excluding hydrogens is 268 g/mol. The number of urea groups is 1. The Morgan fingerprint density at radius 3 is 3.00 bits per heavy atom. The fourth-order valence-electron chi connectivity index (χ4n) is 2.70. The Morgan fingerprint density at radius 2 is 2.30 bits per heavy atom. The van der Waals surface area contributed by atoms with Gasteiger partial charge >= 0.3 is 6.03 Å². The van der Waals surface area contributed by atoms with E-state index in [4.69, 9.17) is 0 Å². The Balaban J connectivity index is 1.99. The van der Waals surface area contributed by atoms with E-state index >= 15 is 0 Å². The summed E-state index contributed by atoms with van der Waals surface area (Å²) in [7, 11) is 0. The molecule has 1 aliphatic heterocycles. The van der Waals surface area contributed by atoms with Crippen molar-refractivity contribution >= 4 is 17.4 Å². The van der Waals surface area contributed by atoms with Crippen molar-refractivity contribution in [2.75, 3.05) is 13.1 Å². The summed E-state index contributed by atoms with van der Waals surface area (Å²) in [6, 6.07) is 4.64. The quantitative estimate of drug-likeness (QED) is 0.876. The third-order valence-corrected chi connectivity index (χ3v) is 4.86. The Morgan fingerprint density at radius 1 is 1.45 bits per heavy atom. The zero-order valence-electron chi connectivity index (χ0n) is 12.6. The minimum Gasteiger partial charge on any atom is -0.338 e. The van der Waals surface area contributed by atoms with Gasteiger partial charge in [0.05, 0.1) is 6.04 Å². The number of likely N-dealkylation sites (tertiary alicyclic amines) is 1. The lowest BCUT2D eigenvalue weighted by Gasteiger charge is -2.29. The number of hydrogen-bond donors (Lipinski definition) is 1. The van der Waals surface area contributed by atoms with E-state index in [1.807, 2.05) is 0 Å². The molecule has 1 fully saturated rings. The van der Waals surface area contributed by atoms with Gasteiger partial charge in [-0.15, -0.1) is 11.3 Å². The molecule has 0 spiro atoms. The average Bonchev–Trinajstić information content (AvgIpc) is 2.82. The number of carbonyl (C=O) groups excluding carboxylic acids is 1. The smallest absolute Gasteiger partial charge is 0.317 e. The summed E-state index contributed by atoms with van der Waals surface area (Å²) < 4.78 is 0. The molecule has 1 aromatic rings. The molecule has 2 heterocycles. The van der Waals surface area contributed by atoms with Gasteiger partial charge in [0, 0.05) is 18.0 Å². The largest absolute Gasteiger partial charge is 0.338 e. The van der Waals surface area contributed by atoms with Crippen molar-refractivity contribution < 1.29 is 4.79 Å². The Labute approximate surface area is 126 Å². The molecule has 1 aliphatic rings. The first-order chi connectivity index (χ1) is 9.68. The van der Waals surface area contributed by atoms with Crippen LogP contribution in [0.4, 0.5) is 4.79 Å². The fraction of sp³-hybridized carbons (Fsp3) is 0.688. The molecule has 3 nitrogen and oxygen atoms in total. The highest BCUT2D eigenvalue weighted by Gasteiger charge is 2.27. The monoisotopic (exact) mass is 294 g/mol. The topological polar surface area (TPSA) is 32.3 Å². The maximum absolute atomic E-state index is 12.5. The van der Waals surface area contributed by atoms with Crippen molar-refractivity contribution in [2.24, 2.45) is 5.92 Å². The normalized spacial score (nSPS) is 19.9. The number of nitrogens with zero attached hydrogens (tertiary/aromatic N) is 1. The van der Waals surface area contributed by atoms with Crippen LogP contribution >= 0.6 is 11.3 Å². The fourth-order valence-corrected chi connectivity index (χ4v) is 3.57. The van der Waals surface area contributed by atoms with Gasteiger partial charge in [-0.3, -0.25) is 0 Å². The van der Waals surface area contributed by atoms with Gasteiger partial charge in [-0.2, -0.15) is 0 Å². The molecular formula is C16H26N2OS. The summed E-state index contributed by atoms with van der Waals surface area (Å²) in [5.41, 5.74) is 0. The second-order valence-electron chi connectivity index (χ2n) is 5.99. The standard InChI is InChI=1S/C16H26N2OS/c1-13(2)9-10-17-16(19)18-11-5-3-4-7-14(18)15-8-6-12-20-15/h6,8,12-14H,3-5,7,9-11H2,1-2H3,(H,17,19)/t14-/m0/s1. The lowest BCUT2D eigenvalue weighted by Crippen LogP contribution is -2.42. The Hall–Kier alpha value is -1.03. The molecule has 1 atom stereocenters. The van der Waals surface area contributed by atoms with Crippen molar-refractivity contribution in [3.8, 4) is 0 Å². The van der Waals surface area contributed by atoms with E-state index in [-0.39, 0.29) is 12.1 Å². The highest BCUT2D eigenvalue weighted by atomic mass is 32.1. The first kappa shape index (κ1) is 15.4. The zero-order chi connectivity index (χ0) is 14.4. The molecule has 2 amide bonds. The van der Waals surface area contributed by atoms with Crippen LogP contribution in [0.5, 0.6) is 0 Å². The maximum Gasteiger partial charge on any atom is 0.317 e. The van der Waals surface area contributed by atoms with Crippen molar-refractivity contribution in [2.45, 2.75) is 52.0 Å². The van der Waals surface area contributed by atoms with Crippen LogP contribution in [0.3, 0.4) is 0 Å². The lowest BCUT2D eigenvalue weighted by molar-refractivity contribution is 0.176. The number of hydrogen-bond acceptors (Lipinski definition) is 2. The van der Waals surface area contributed by atoms with Crippen LogP contribution < -0.4 is 5.32 Å². The summed E-state index contributed by atoms with van der Waals surface area (Å²) >= 11 is 1.77. The Bertz CT molecular complexity index is 403. The molecule has 1 N–H and O–H groups in total. The summed E-state index contributed by atoms with van der Waals surface area (Å²) in [6.45, 7) is 6.04. The lowest BCUT2D eigenvalue weighted by atomic mass is 10.1. The second kappa shape index (κ2) is 7.67. The van der Waals surface area contributed by atoms with Crippen LogP contribution in [0.1, 0.15) is 56.9 Å². The van der Waals surface area contributed by atoms with Gasteiger partial charge in [-0.1, -0.05) is 32.8 Å². The Kier molecular flexibility index (Phi) is 5.89. The molecule has 1 aromatic heterocycles. The number of thiophene rings is 1. The van der Waals surface area contributed by atoms with Gasteiger partial charge in [0.1, 0.15) is 0 Å². The van der Waals surface area contributed by atoms with Gasteiger partial charge in [0.2, 0.25) is 0 Å². The SMILES string of the molecule is CC(C)CCNC(=O)N1CCCCC[C@H]1c1cccs1. The first-order valence-corrected chi connectivity index (χ1v) is 8.64. The minimum absolute atomic E-state index is 0.117. The number of carbonyl (C=O) groups is 1. The van der Waals surface area contributed by atoms with Crippen LogP contribution in [0, 0.1) is 5.92 Å². The molecule has 0 aliphatic carbocycles. The molecule has 4 heteroatoms. The molecule has 0 saturated carbocycles. The zero-order valence-corrected chi connectivity index (χ0v) is 13.4. The molecule has 0 unspecified atom stereocenters. The highest BCUT2D eigenvalue weighted by molar-refractivity contribution is 7.10. The molecule has 0 radical (unpaired) electrons. The number of nitrogens with one attached hydrogen (secondary N) is 1. The average molecular weight is 294 g/mol. The van der Waals surface area contributed by atoms with Crippen molar-refractivity contribution in [3.63, 3.8) is 0 Å². The van der Waals surface area contributed by atoms with E-state index in [1.54, 1.807) is 11.3 Å². The highest BCUT2D eigenvalue weighted by Crippen LogP contribution is 2.32. The van der Waals surface area contributed by atoms with Crippen LogP contribution in [0.15, 0.2) is 17.5 Å². The second-order valence-corrected chi connectivity index (χ2v) is 6.97. The molecule has 0 bridgehead atoms. The number of amides is 2. The summed E-state index contributed by atoms with van der Waals surface area (Å²) in [5.74, 6) is 0.632. The van der Waals surface area contributed by atoms with Crippen LogP contribution in [-0.2, 0) is 0 Å².